The summed E-state index contributed by atoms with van der Waals surface area (Å²) in [6, 6.07) is 7.40. The number of hydrogen-bond donors (Lipinski definition) is 0. The summed E-state index contributed by atoms with van der Waals surface area (Å²) in [6.07, 6.45) is -4.93. The van der Waals surface area contributed by atoms with E-state index in [4.69, 9.17) is 21.1 Å². The lowest BCUT2D eigenvalue weighted by Crippen LogP contribution is -2.58. The third-order valence-corrected chi connectivity index (χ3v) is 8.47. The number of urea groups is 1. The van der Waals surface area contributed by atoms with E-state index in [1.54, 1.807) is 19.1 Å². The van der Waals surface area contributed by atoms with E-state index in [1.165, 1.54) is 27.8 Å². The van der Waals surface area contributed by atoms with Crippen LogP contribution in [0.25, 0.3) is 0 Å². The molecule has 0 aromatic heterocycles. The van der Waals surface area contributed by atoms with Crippen LogP contribution in [0.3, 0.4) is 0 Å². The monoisotopic (exact) mass is 609 g/mol. The number of esters is 2. The molecule has 0 spiro atoms. The van der Waals surface area contributed by atoms with E-state index in [0.29, 0.717) is 5.56 Å². The molecule has 3 atom stereocenters. The minimum atomic E-state index is -4.63. The van der Waals surface area contributed by atoms with Crippen molar-refractivity contribution in [1.82, 2.24) is 14.7 Å². The number of nitrogens with zero attached hydrogens (tertiary/aromatic N) is 3. The van der Waals surface area contributed by atoms with Gasteiger partial charge in [0.2, 0.25) is 5.41 Å². The van der Waals surface area contributed by atoms with Crippen LogP contribution in [-0.2, 0) is 30.0 Å². The Morgan fingerprint density at radius 2 is 1.69 bits per heavy atom. The van der Waals surface area contributed by atoms with Gasteiger partial charge in [0.25, 0.3) is 5.91 Å². The summed E-state index contributed by atoms with van der Waals surface area (Å²) in [5, 5.41) is -0.120. The molecule has 2 aromatic carbocycles. The van der Waals surface area contributed by atoms with Crippen molar-refractivity contribution < 1.29 is 41.8 Å². The highest BCUT2D eigenvalue weighted by molar-refractivity contribution is 6.30. The highest BCUT2D eigenvalue weighted by atomic mass is 35.5. The molecule has 0 aliphatic carbocycles. The maximum absolute atomic E-state index is 14.1. The lowest BCUT2D eigenvalue weighted by molar-refractivity contribution is -0.172. The van der Waals surface area contributed by atoms with Gasteiger partial charge in [0.15, 0.2) is 0 Å². The Bertz CT molecular complexity index is 1400. The van der Waals surface area contributed by atoms with Gasteiger partial charge >= 0.3 is 24.1 Å². The zero-order chi connectivity index (χ0) is 31.1. The largest absolute Gasteiger partial charge is 0.468 e. The zero-order valence-electron chi connectivity index (χ0n) is 23.7. The molecule has 2 aliphatic rings. The van der Waals surface area contributed by atoms with E-state index in [2.05, 4.69) is 0 Å². The lowest BCUT2D eigenvalue weighted by atomic mass is 9.81. The molecular weight excluding hydrogens is 579 g/mol. The van der Waals surface area contributed by atoms with Crippen LogP contribution in [0.5, 0.6) is 0 Å². The molecule has 0 saturated carbocycles. The molecule has 2 saturated heterocycles. The van der Waals surface area contributed by atoms with Gasteiger partial charge in [0.05, 0.1) is 37.9 Å². The number of halogens is 4. The van der Waals surface area contributed by atoms with Crippen LogP contribution in [0.2, 0.25) is 5.02 Å². The first-order chi connectivity index (χ1) is 19.7. The third-order valence-electron chi connectivity index (χ3n) is 8.26. The minimum Gasteiger partial charge on any atom is -0.468 e. The fourth-order valence-electron chi connectivity index (χ4n) is 5.91. The number of carbonyl (C=O) groups is 4. The molecule has 0 bridgehead atoms. The molecule has 2 aliphatic heterocycles. The molecule has 0 unspecified atom stereocenters. The van der Waals surface area contributed by atoms with Crippen LogP contribution in [0.15, 0.2) is 42.5 Å². The molecule has 226 valence electrons. The van der Waals surface area contributed by atoms with Crippen LogP contribution in [0.4, 0.5) is 18.0 Å². The van der Waals surface area contributed by atoms with Crippen LogP contribution < -0.4 is 0 Å². The second-order valence-electron chi connectivity index (χ2n) is 10.5. The minimum absolute atomic E-state index is 0.00493. The van der Waals surface area contributed by atoms with Crippen molar-refractivity contribution in [3.8, 4) is 0 Å². The molecule has 13 heteroatoms. The normalized spacial score (nSPS) is 20.5. The summed E-state index contributed by atoms with van der Waals surface area (Å²) in [4.78, 5) is 57.9. The van der Waals surface area contributed by atoms with Gasteiger partial charge in [-0.15, -0.1) is 0 Å². The highest BCUT2D eigenvalue weighted by Gasteiger charge is 2.66. The van der Waals surface area contributed by atoms with E-state index < -0.39 is 59.2 Å². The highest BCUT2D eigenvalue weighted by Crippen LogP contribution is 2.47. The van der Waals surface area contributed by atoms with E-state index in [1.807, 2.05) is 19.1 Å². The number of benzene rings is 2. The molecule has 42 heavy (non-hydrogen) atoms. The molecule has 0 radical (unpaired) electrons. The van der Waals surface area contributed by atoms with Crippen LogP contribution in [0.1, 0.15) is 47.7 Å². The van der Waals surface area contributed by atoms with E-state index in [9.17, 15) is 32.3 Å². The van der Waals surface area contributed by atoms with Crippen molar-refractivity contribution in [3.63, 3.8) is 0 Å². The zero-order valence-corrected chi connectivity index (χ0v) is 24.5. The summed E-state index contributed by atoms with van der Waals surface area (Å²) in [5.74, 6) is -2.87. The Kier molecular flexibility index (Phi) is 8.50. The maximum atomic E-state index is 14.1. The molecular formula is C29H31ClF3N3O6. The van der Waals surface area contributed by atoms with E-state index in [-0.39, 0.29) is 30.1 Å². The van der Waals surface area contributed by atoms with E-state index in [0.717, 1.165) is 31.9 Å². The van der Waals surface area contributed by atoms with Crippen molar-refractivity contribution in [2.24, 2.45) is 5.41 Å². The molecule has 2 heterocycles. The molecule has 0 N–H and O–H groups in total. The molecule has 2 aromatic rings. The summed E-state index contributed by atoms with van der Waals surface area (Å²) >= 11 is 6.00. The number of rotatable bonds is 5. The van der Waals surface area contributed by atoms with Gasteiger partial charge in [-0.25, -0.2) is 4.79 Å². The third kappa shape index (κ3) is 5.16. The van der Waals surface area contributed by atoms with Gasteiger partial charge in [-0.3, -0.25) is 14.4 Å². The van der Waals surface area contributed by atoms with Crippen LogP contribution in [-0.4, -0.2) is 79.0 Å². The smallest absolute Gasteiger partial charge is 0.416 e. The first-order valence-corrected chi connectivity index (χ1v) is 13.5. The van der Waals surface area contributed by atoms with Crippen molar-refractivity contribution in [3.05, 3.63) is 69.7 Å². The van der Waals surface area contributed by atoms with Gasteiger partial charge in [0, 0.05) is 31.6 Å². The fraction of sp³-hybridized carbons (Fsp3) is 0.448. The average molecular weight is 610 g/mol. The van der Waals surface area contributed by atoms with Crippen LogP contribution in [0, 0.1) is 12.3 Å². The quantitative estimate of drug-likeness (QED) is 0.358. The molecule has 9 nitrogen and oxygen atoms in total. The SMILES string of the molecule is COC(=O)C1(C(=O)OC)C[C@H]2[C@H](c3ccccc3C)N(C(=O)N(C)[C@H](C)c3cc(Cl)cc(C(F)(F)F)c3)CCN2C1=O. The van der Waals surface area contributed by atoms with Gasteiger partial charge in [-0.1, -0.05) is 35.9 Å². The van der Waals surface area contributed by atoms with Gasteiger partial charge < -0.3 is 24.2 Å². The van der Waals surface area contributed by atoms with Crippen molar-refractivity contribution >= 4 is 35.5 Å². The number of aryl methyl sites for hydroxylation is 1. The number of amides is 3. The van der Waals surface area contributed by atoms with Crippen molar-refractivity contribution in [2.75, 3.05) is 34.4 Å². The van der Waals surface area contributed by atoms with Crippen LogP contribution >= 0.6 is 11.6 Å². The second-order valence-corrected chi connectivity index (χ2v) is 10.9. The average Bonchev–Trinajstić information content (AvgIpc) is 3.27. The summed E-state index contributed by atoms with van der Waals surface area (Å²) in [6.45, 7) is 3.45. The Labute approximate surface area is 246 Å². The van der Waals surface area contributed by atoms with Gasteiger partial charge in [-0.05, 0) is 48.7 Å². The number of carbonyl (C=O) groups excluding carboxylic acids is 4. The Morgan fingerprint density at radius 3 is 2.26 bits per heavy atom. The van der Waals surface area contributed by atoms with Gasteiger partial charge in [0.1, 0.15) is 0 Å². The lowest BCUT2D eigenvalue weighted by Gasteiger charge is -2.47. The Hall–Kier alpha value is -3.80. The standard InChI is InChI=1S/C29H31ClF3N3O6/c1-16-8-6-7-9-21(16)23-22-15-28(25(38)41-4,26(39)42-5)24(37)35(22)10-11-36(23)27(40)34(3)17(2)18-12-19(29(31,32)33)14-20(30)13-18/h6-9,12-14,17,22-23H,10-11,15H2,1-5H3/t17-,22+,23+/m1/s1. The predicted octanol–water partition coefficient (Wildman–Crippen LogP) is 4.77. The molecule has 2 fully saturated rings. The number of hydrogen-bond acceptors (Lipinski definition) is 6. The summed E-state index contributed by atoms with van der Waals surface area (Å²) in [5.41, 5.74) is -1.51. The summed E-state index contributed by atoms with van der Waals surface area (Å²) in [7, 11) is 3.61. The van der Waals surface area contributed by atoms with E-state index >= 15 is 0 Å². The summed E-state index contributed by atoms with van der Waals surface area (Å²) < 4.78 is 50.2. The Balaban J connectivity index is 1.76. The number of piperazine rings is 1. The molecule has 3 amide bonds. The van der Waals surface area contributed by atoms with Crippen molar-refractivity contribution in [2.45, 2.75) is 44.6 Å². The first-order valence-electron chi connectivity index (χ1n) is 13.1. The molecule has 4 rings (SSSR count). The number of alkyl halides is 3. The Morgan fingerprint density at radius 1 is 1.07 bits per heavy atom. The fourth-order valence-corrected chi connectivity index (χ4v) is 6.15. The topological polar surface area (TPSA) is 96.5 Å². The second kappa shape index (κ2) is 11.5. The predicted molar refractivity (Wildman–Crippen MR) is 145 cm³/mol. The number of methoxy groups -OCH3 is 2. The number of ether oxygens (including phenoxy) is 2. The maximum Gasteiger partial charge on any atom is 0.416 e. The van der Waals surface area contributed by atoms with Gasteiger partial charge in [-0.2, -0.15) is 13.2 Å². The number of fused-ring (bicyclic) bond motifs is 1. The first kappa shape index (κ1) is 31.1. The van der Waals surface area contributed by atoms with Crippen molar-refractivity contribution in [1.29, 1.82) is 0 Å².